The third-order valence-electron chi connectivity index (χ3n) is 3.33. The van der Waals surface area contributed by atoms with Crippen molar-refractivity contribution >= 4 is 0 Å². The van der Waals surface area contributed by atoms with Crippen LogP contribution in [0.5, 0.6) is 0 Å². The Balaban J connectivity index is 2.33. The van der Waals surface area contributed by atoms with Crippen molar-refractivity contribution in [2.45, 2.75) is 58.5 Å². The van der Waals surface area contributed by atoms with E-state index in [1.807, 2.05) is 7.11 Å². The molecule has 0 bridgehead atoms. The summed E-state index contributed by atoms with van der Waals surface area (Å²) in [7, 11) is 1.84. The molecule has 1 heteroatoms. The summed E-state index contributed by atoms with van der Waals surface area (Å²) in [5.41, 5.74) is 0.629. The first-order chi connectivity index (χ1) is 5.70. The SMILES string of the molecule is CCCC1(C)CCC(OC)CC1. The largest absolute Gasteiger partial charge is 0.381 e. The van der Waals surface area contributed by atoms with Crippen molar-refractivity contribution in [2.24, 2.45) is 5.41 Å². The van der Waals surface area contributed by atoms with Gasteiger partial charge in [0.2, 0.25) is 0 Å². The van der Waals surface area contributed by atoms with Gasteiger partial charge in [-0.15, -0.1) is 0 Å². The standard InChI is InChI=1S/C11H22O/c1-4-7-11(2)8-5-10(12-3)6-9-11/h10H,4-9H2,1-3H3. The van der Waals surface area contributed by atoms with Crippen LogP contribution < -0.4 is 0 Å². The summed E-state index contributed by atoms with van der Waals surface area (Å²) >= 11 is 0. The van der Waals surface area contributed by atoms with E-state index in [1.54, 1.807) is 0 Å². The average Bonchev–Trinajstić information content (AvgIpc) is 2.06. The second kappa shape index (κ2) is 4.27. The van der Waals surface area contributed by atoms with E-state index in [1.165, 1.54) is 38.5 Å². The summed E-state index contributed by atoms with van der Waals surface area (Å²) in [5.74, 6) is 0. The number of methoxy groups -OCH3 is 1. The first-order valence-electron chi connectivity index (χ1n) is 5.23. The Morgan fingerprint density at radius 1 is 1.33 bits per heavy atom. The summed E-state index contributed by atoms with van der Waals surface area (Å²) in [4.78, 5) is 0. The molecule has 0 atom stereocenters. The molecular formula is C11H22O. The predicted octanol–water partition coefficient (Wildman–Crippen LogP) is 3.38. The molecule has 1 nitrogen and oxygen atoms in total. The molecule has 0 radical (unpaired) electrons. The van der Waals surface area contributed by atoms with Crippen LogP contribution in [0, 0.1) is 5.41 Å². The van der Waals surface area contributed by atoms with Gasteiger partial charge < -0.3 is 4.74 Å². The Bertz CT molecular complexity index is 123. The second-order valence-electron chi connectivity index (χ2n) is 4.50. The molecule has 12 heavy (non-hydrogen) atoms. The normalized spacial score (nSPS) is 36.8. The van der Waals surface area contributed by atoms with Crippen molar-refractivity contribution in [3.63, 3.8) is 0 Å². The van der Waals surface area contributed by atoms with Crippen LogP contribution in [0.25, 0.3) is 0 Å². The fraction of sp³-hybridized carbons (Fsp3) is 1.00. The van der Waals surface area contributed by atoms with Crippen molar-refractivity contribution in [3.8, 4) is 0 Å². The lowest BCUT2D eigenvalue weighted by molar-refractivity contribution is 0.0295. The van der Waals surface area contributed by atoms with Gasteiger partial charge in [-0.3, -0.25) is 0 Å². The van der Waals surface area contributed by atoms with Crippen LogP contribution in [0.15, 0.2) is 0 Å². The van der Waals surface area contributed by atoms with Gasteiger partial charge in [0.15, 0.2) is 0 Å². The molecule has 0 unspecified atom stereocenters. The summed E-state index contributed by atoms with van der Waals surface area (Å²) < 4.78 is 5.36. The predicted molar refractivity (Wildman–Crippen MR) is 52.3 cm³/mol. The van der Waals surface area contributed by atoms with Crippen LogP contribution in [0.2, 0.25) is 0 Å². The number of rotatable bonds is 3. The van der Waals surface area contributed by atoms with E-state index in [9.17, 15) is 0 Å². The number of hydrogen-bond acceptors (Lipinski definition) is 1. The summed E-state index contributed by atoms with van der Waals surface area (Å²) in [6, 6.07) is 0. The van der Waals surface area contributed by atoms with Crippen LogP contribution in [0.3, 0.4) is 0 Å². The summed E-state index contributed by atoms with van der Waals surface area (Å²) in [6.45, 7) is 4.72. The van der Waals surface area contributed by atoms with Gasteiger partial charge in [-0.1, -0.05) is 20.3 Å². The van der Waals surface area contributed by atoms with Gasteiger partial charge in [0.05, 0.1) is 6.10 Å². The molecule has 0 aromatic heterocycles. The van der Waals surface area contributed by atoms with E-state index in [0.29, 0.717) is 11.5 Å². The highest BCUT2D eigenvalue weighted by atomic mass is 16.5. The van der Waals surface area contributed by atoms with Crippen molar-refractivity contribution in [2.75, 3.05) is 7.11 Å². The second-order valence-corrected chi connectivity index (χ2v) is 4.50. The zero-order chi connectivity index (χ0) is 9.03. The lowest BCUT2D eigenvalue weighted by Gasteiger charge is -2.36. The molecule has 0 aromatic carbocycles. The minimum atomic E-state index is 0.551. The van der Waals surface area contributed by atoms with E-state index >= 15 is 0 Å². The molecular weight excluding hydrogens is 148 g/mol. The van der Waals surface area contributed by atoms with E-state index in [-0.39, 0.29) is 0 Å². The molecule has 1 fully saturated rings. The highest BCUT2D eigenvalue weighted by Crippen LogP contribution is 2.40. The van der Waals surface area contributed by atoms with Crippen LogP contribution in [-0.4, -0.2) is 13.2 Å². The van der Waals surface area contributed by atoms with Gasteiger partial charge in [0.1, 0.15) is 0 Å². The topological polar surface area (TPSA) is 9.23 Å². The maximum absolute atomic E-state index is 5.36. The van der Waals surface area contributed by atoms with E-state index in [2.05, 4.69) is 13.8 Å². The zero-order valence-electron chi connectivity index (χ0n) is 8.73. The molecule has 1 aliphatic carbocycles. The molecule has 0 heterocycles. The third kappa shape index (κ3) is 2.48. The lowest BCUT2D eigenvalue weighted by atomic mass is 9.72. The van der Waals surface area contributed by atoms with Crippen molar-refractivity contribution < 1.29 is 4.74 Å². The van der Waals surface area contributed by atoms with Gasteiger partial charge in [-0.05, 0) is 37.5 Å². The van der Waals surface area contributed by atoms with Crippen molar-refractivity contribution in [3.05, 3.63) is 0 Å². The highest BCUT2D eigenvalue weighted by Gasteiger charge is 2.29. The maximum atomic E-state index is 5.36. The summed E-state index contributed by atoms with van der Waals surface area (Å²) in [5, 5.41) is 0. The Kier molecular flexibility index (Phi) is 3.57. The van der Waals surface area contributed by atoms with Crippen molar-refractivity contribution in [1.29, 1.82) is 0 Å². The molecule has 0 spiro atoms. The molecule has 1 saturated carbocycles. The lowest BCUT2D eigenvalue weighted by Crippen LogP contribution is -2.27. The Morgan fingerprint density at radius 2 is 1.92 bits per heavy atom. The van der Waals surface area contributed by atoms with Crippen molar-refractivity contribution in [1.82, 2.24) is 0 Å². The van der Waals surface area contributed by atoms with Crippen LogP contribution in [-0.2, 0) is 4.74 Å². The van der Waals surface area contributed by atoms with Gasteiger partial charge in [0, 0.05) is 7.11 Å². The van der Waals surface area contributed by atoms with E-state index in [4.69, 9.17) is 4.74 Å². The highest BCUT2D eigenvalue weighted by molar-refractivity contribution is 4.81. The average molecular weight is 170 g/mol. The zero-order valence-corrected chi connectivity index (χ0v) is 8.73. The van der Waals surface area contributed by atoms with Gasteiger partial charge in [-0.25, -0.2) is 0 Å². The maximum Gasteiger partial charge on any atom is 0.0571 e. The minimum absolute atomic E-state index is 0.551. The van der Waals surface area contributed by atoms with Gasteiger partial charge >= 0.3 is 0 Å². The Morgan fingerprint density at radius 3 is 2.33 bits per heavy atom. The van der Waals surface area contributed by atoms with Crippen LogP contribution in [0.4, 0.5) is 0 Å². The Hall–Kier alpha value is -0.0400. The first kappa shape index (κ1) is 10.0. The smallest absolute Gasteiger partial charge is 0.0571 e. The Labute approximate surface area is 76.5 Å². The van der Waals surface area contributed by atoms with Gasteiger partial charge in [0.25, 0.3) is 0 Å². The molecule has 0 saturated heterocycles. The molecule has 72 valence electrons. The molecule has 0 amide bonds. The first-order valence-corrected chi connectivity index (χ1v) is 5.23. The van der Waals surface area contributed by atoms with Crippen LogP contribution >= 0.6 is 0 Å². The number of hydrogen-bond donors (Lipinski definition) is 0. The summed E-state index contributed by atoms with van der Waals surface area (Å²) in [6.07, 6.45) is 8.53. The molecule has 1 rings (SSSR count). The van der Waals surface area contributed by atoms with E-state index in [0.717, 1.165) is 0 Å². The van der Waals surface area contributed by atoms with E-state index < -0.39 is 0 Å². The van der Waals surface area contributed by atoms with Gasteiger partial charge in [-0.2, -0.15) is 0 Å². The molecule has 0 aliphatic heterocycles. The molecule has 1 aliphatic rings. The monoisotopic (exact) mass is 170 g/mol. The third-order valence-corrected chi connectivity index (χ3v) is 3.33. The molecule has 0 aromatic rings. The quantitative estimate of drug-likeness (QED) is 0.631. The molecule has 0 N–H and O–H groups in total. The minimum Gasteiger partial charge on any atom is -0.381 e. The number of ether oxygens (including phenoxy) is 1. The van der Waals surface area contributed by atoms with Crippen LogP contribution in [0.1, 0.15) is 52.4 Å². The fourth-order valence-electron chi connectivity index (χ4n) is 2.38. The fourth-order valence-corrected chi connectivity index (χ4v) is 2.38.